The highest BCUT2D eigenvalue weighted by molar-refractivity contribution is 6.30. The maximum Gasteiger partial charge on any atom is 0.235 e. The number of benzene rings is 1. The van der Waals surface area contributed by atoms with E-state index in [-0.39, 0.29) is 0 Å². The number of aryl methyl sites for hydroxylation is 1. The van der Waals surface area contributed by atoms with Gasteiger partial charge in [-0.1, -0.05) is 17.7 Å². The fourth-order valence-electron chi connectivity index (χ4n) is 1.27. The van der Waals surface area contributed by atoms with Crippen LogP contribution in [0.25, 0.3) is 0 Å². The van der Waals surface area contributed by atoms with Crippen LogP contribution in [0, 0.1) is 6.92 Å². The molecule has 0 fully saturated rings. The smallest absolute Gasteiger partial charge is 0.211 e. The van der Waals surface area contributed by atoms with Crippen LogP contribution in [-0.4, -0.2) is 6.08 Å². The number of rotatable bonds is 2. The van der Waals surface area contributed by atoms with Crippen LogP contribution in [0.2, 0.25) is 5.02 Å². The molecule has 0 radical (unpaired) electrons. The van der Waals surface area contributed by atoms with Gasteiger partial charge in [-0.2, -0.15) is 4.99 Å². The van der Waals surface area contributed by atoms with Gasteiger partial charge in [0.15, 0.2) is 0 Å². The van der Waals surface area contributed by atoms with Gasteiger partial charge in [-0.15, -0.1) is 0 Å². The number of nitrogens with zero attached hydrogens (tertiary/aromatic N) is 1. The first-order valence-corrected chi connectivity index (χ1v) is 4.70. The molecule has 0 aliphatic carbocycles. The van der Waals surface area contributed by atoms with Crippen molar-refractivity contribution in [1.82, 2.24) is 0 Å². The van der Waals surface area contributed by atoms with Gasteiger partial charge >= 0.3 is 0 Å². The molecule has 0 amide bonds. The predicted octanol–water partition coefficient (Wildman–Crippen LogP) is 3.22. The Kier molecular flexibility index (Phi) is 3.10. The van der Waals surface area contributed by atoms with Crippen LogP contribution < -0.4 is 0 Å². The third kappa shape index (κ3) is 2.44. The molecule has 0 aromatic heterocycles. The molecule has 0 unspecified atom stereocenters. The molecule has 0 bridgehead atoms. The van der Waals surface area contributed by atoms with Crippen LogP contribution in [0.3, 0.4) is 0 Å². The van der Waals surface area contributed by atoms with Crippen molar-refractivity contribution in [3.8, 4) is 0 Å². The lowest BCUT2D eigenvalue weighted by molar-refractivity contribution is 0.522. The lowest BCUT2D eigenvalue weighted by Gasteiger charge is -2.18. The molecular formula is C11H12ClNO. The Hall–Kier alpha value is -1.11. The highest BCUT2D eigenvalue weighted by atomic mass is 35.5. The minimum absolute atomic E-state index is 0.558. The van der Waals surface area contributed by atoms with Gasteiger partial charge in [-0.3, -0.25) is 0 Å². The van der Waals surface area contributed by atoms with E-state index in [1.54, 1.807) is 6.08 Å². The van der Waals surface area contributed by atoms with E-state index in [2.05, 4.69) is 4.99 Å². The summed E-state index contributed by atoms with van der Waals surface area (Å²) < 4.78 is 0. The first-order valence-electron chi connectivity index (χ1n) is 4.32. The Morgan fingerprint density at radius 2 is 2.00 bits per heavy atom. The average Bonchev–Trinajstić information content (AvgIpc) is 2.02. The van der Waals surface area contributed by atoms with Gasteiger partial charge in [0.05, 0.1) is 5.54 Å². The second-order valence-electron chi connectivity index (χ2n) is 3.78. The maximum absolute atomic E-state index is 10.2. The predicted molar refractivity (Wildman–Crippen MR) is 57.3 cm³/mol. The number of carbonyl (C=O) groups excluding carboxylic acids is 1. The zero-order chi connectivity index (χ0) is 10.8. The molecule has 74 valence electrons. The molecule has 1 rings (SSSR count). The van der Waals surface area contributed by atoms with Gasteiger partial charge in [0.25, 0.3) is 0 Å². The van der Waals surface area contributed by atoms with Crippen molar-refractivity contribution < 1.29 is 4.79 Å². The Labute approximate surface area is 88.6 Å². The second-order valence-corrected chi connectivity index (χ2v) is 4.22. The molecule has 0 saturated carbocycles. The molecule has 0 spiro atoms. The molecule has 0 aliphatic rings. The monoisotopic (exact) mass is 209 g/mol. The molecule has 0 heterocycles. The molecule has 2 nitrogen and oxygen atoms in total. The van der Waals surface area contributed by atoms with Crippen LogP contribution in [0.5, 0.6) is 0 Å². The Bertz CT molecular complexity index is 372. The van der Waals surface area contributed by atoms with E-state index in [1.807, 2.05) is 39.0 Å². The van der Waals surface area contributed by atoms with Crippen LogP contribution >= 0.6 is 11.6 Å². The normalized spacial score (nSPS) is 10.9. The van der Waals surface area contributed by atoms with E-state index in [0.717, 1.165) is 11.1 Å². The van der Waals surface area contributed by atoms with Crippen LogP contribution in [-0.2, 0) is 10.3 Å². The largest absolute Gasteiger partial charge is 0.235 e. The van der Waals surface area contributed by atoms with Gasteiger partial charge in [-0.05, 0) is 44.0 Å². The summed E-state index contributed by atoms with van der Waals surface area (Å²) in [6.07, 6.45) is 1.58. The van der Waals surface area contributed by atoms with Gasteiger partial charge in [0.1, 0.15) is 0 Å². The van der Waals surface area contributed by atoms with E-state index in [4.69, 9.17) is 11.6 Å². The summed E-state index contributed by atoms with van der Waals surface area (Å²) in [6, 6.07) is 5.65. The molecule has 1 aromatic carbocycles. The van der Waals surface area contributed by atoms with E-state index in [1.165, 1.54) is 0 Å². The molecular weight excluding hydrogens is 198 g/mol. The number of isocyanates is 1. The number of halogens is 1. The van der Waals surface area contributed by atoms with E-state index in [9.17, 15) is 4.79 Å². The molecule has 1 aromatic rings. The first-order chi connectivity index (χ1) is 6.45. The summed E-state index contributed by atoms with van der Waals surface area (Å²) in [5.41, 5.74) is 1.42. The SMILES string of the molecule is Cc1cc(Cl)cc(C(C)(C)N=C=O)c1. The molecule has 14 heavy (non-hydrogen) atoms. The first kappa shape index (κ1) is 11.0. The van der Waals surface area contributed by atoms with Gasteiger partial charge in [0, 0.05) is 5.02 Å². The van der Waals surface area contributed by atoms with E-state index >= 15 is 0 Å². The summed E-state index contributed by atoms with van der Waals surface area (Å²) in [4.78, 5) is 14.0. The van der Waals surface area contributed by atoms with Crippen molar-refractivity contribution in [3.63, 3.8) is 0 Å². The third-order valence-electron chi connectivity index (χ3n) is 2.07. The lowest BCUT2D eigenvalue weighted by Crippen LogP contribution is -2.13. The van der Waals surface area contributed by atoms with Crippen molar-refractivity contribution >= 4 is 17.7 Å². The third-order valence-corrected chi connectivity index (χ3v) is 2.29. The number of hydrogen-bond acceptors (Lipinski definition) is 2. The molecule has 0 saturated heterocycles. The topological polar surface area (TPSA) is 29.4 Å². The standard InChI is InChI=1S/C11H12ClNO/c1-8-4-9(6-10(12)5-8)11(2,3)13-7-14/h4-6H,1-3H3. The lowest BCUT2D eigenvalue weighted by atomic mass is 9.94. The summed E-state index contributed by atoms with van der Waals surface area (Å²) in [6.45, 7) is 5.65. The van der Waals surface area contributed by atoms with Crippen molar-refractivity contribution in [1.29, 1.82) is 0 Å². The highest BCUT2D eigenvalue weighted by Crippen LogP contribution is 2.27. The Morgan fingerprint density at radius 1 is 1.36 bits per heavy atom. The van der Waals surface area contributed by atoms with Crippen molar-refractivity contribution in [2.75, 3.05) is 0 Å². The van der Waals surface area contributed by atoms with Crippen molar-refractivity contribution in [2.45, 2.75) is 26.3 Å². The van der Waals surface area contributed by atoms with Gasteiger partial charge < -0.3 is 0 Å². The van der Waals surface area contributed by atoms with Gasteiger partial charge in [0.2, 0.25) is 6.08 Å². The summed E-state index contributed by atoms with van der Waals surface area (Å²) >= 11 is 5.92. The van der Waals surface area contributed by atoms with Crippen LogP contribution in [0.4, 0.5) is 0 Å². The minimum Gasteiger partial charge on any atom is -0.211 e. The van der Waals surface area contributed by atoms with Crippen LogP contribution in [0.1, 0.15) is 25.0 Å². The molecule has 0 aliphatic heterocycles. The summed E-state index contributed by atoms with van der Waals surface area (Å²) in [5, 5.41) is 0.661. The van der Waals surface area contributed by atoms with E-state index in [0.29, 0.717) is 5.02 Å². The molecule has 0 atom stereocenters. The summed E-state index contributed by atoms with van der Waals surface area (Å²) in [5.74, 6) is 0. The Morgan fingerprint density at radius 3 is 2.50 bits per heavy atom. The fraction of sp³-hybridized carbons (Fsp3) is 0.364. The maximum atomic E-state index is 10.2. The highest BCUT2D eigenvalue weighted by Gasteiger charge is 2.19. The average molecular weight is 210 g/mol. The fourth-order valence-corrected chi connectivity index (χ4v) is 1.56. The quantitative estimate of drug-likeness (QED) is 0.543. The minimum atomic E-state index is -0.558. The zero-order valence-corrected chi connectivity index (χ0v) is 9.22. The van der Waals surface area contributed by atoms with Gasteiger partial charge in [-0.25, -0.2) is 4.79 Å². The number of aliphatic imine (C=N–C) groups is 1. The molecule has 0 N–H and O–H groups in total. The van der Waals surface area contributed by atoms with Crippen molar-refractivity contribution in [3.05, 3.63) is 34.3 Å². The van der Waals surface area contributed by atoms with Crippen LogP contribution in [0.15, 0.2) is 23.2 Å². The van der Waals surface area contributed by atoms with Crippen molar-refractivity contribution in [2.24, 2.45) is 4.99 Å². The number of hydrogen-bond donors (Lipinski definition) is 0. The van der Waals surface area contributed by atoms with E-state index < -0.39 is 5.54 Å². The summed E-state index contributed by atoms with van der Waals surface area (Å²) in [7, 11) is 0. The Balaban J connectivity index is 3.24. The molecule has 3 heteroatoms. The second kappa shape index (κ2) is 3.95. The zero-order valence-electron chi connectivity index (χ0n) is 8.47.